The summed E-state index contributed by atoms with van der Waals surface area (Å²) in [6.45, 7) is 18.7. The number of nitrogens with zero attached hydrogens (tertiary/aromatic N) is 2. The van der Waals surface area contributed by atoms with Gasteiger partial charge in [-0.25, -0.2) is 14.8 Å². The molecule has 1 N–H and O–H groups in total. The molecule has 0 aliphatic carbocycles. The zero-order valence-electron chi connectivity index (χ0n) is 26.7. The molecule has 0 unspecified atom stereocenters. The summed E-state index contributed by atoms with van der Waals surface area (Å²) in [7, 11) is -2.02. The molecule has 43 heavy (non-hydrogen) atoms. The maximum atomic E-state index is 13.3. The second-order valence-corrected chi connectivity index (χ2v) is 18.0. The average Bonchev–Trinajstić information content (AvgIpc) is 3.41. The molecule has 0 bridgehead atoms. The number of esters is 1. The minimum atomic E-state index is -2.02. The third kappa shape index (κ3) is 8.67. The summed E-state index contributed by atoms with van der Waals surface area (Å²) in [6, 6.07) is 19.8. The number of nitrogens with one attached hydrogen (secondary N) is 1. The fourth-order valence-electron chi connectivity index (χ4n) is 4.10. The topological polar surface area (TPSA) is 86.5 Å². The largest absolute Gasteiger partial charge is 0.543 e. The third-order valence-corrected chi connectivity index (χ3v) is 11.7. The Hall–Kier alpha value is -4.17. The van der Waals surface area contributed by atoms with Gasteiger partial charge in [0.1, 0.15) is 22.8 Å². The second-order valence-electron chi connectivity index (χ2n) is 13.3. The molecule has 2 heterocycles. The molecule has 0 amide bonds. The van der Waals surface area contributed by atoms with Crippen LogP contribution in [0.5, 0.6) is 5.75 Å². The normalized spacial score (nSPS) is 12.6. The van der Waals surface area contributed by atoms with Crippen LogP contribution in [0.3, 0.4) is 0 Å². The van der Waals surface area contributed by atoms with Crippen molar-refractivity contribution in [3.8, 4) is 17.0 Å². The van der Waals surface area contributed by atoms with E-state index in [0.29, 0.717) is 29.4 Å². The van der Waals surface area contributed by atoms with Crippen molar-refractivity contribution >= 4 is 26.2 Å². The van der Waals surface area contributed by atoms with Gasteiger partial charge in [-0.1, -0.05) is 62.7 Å². The van der Waals surface area contributed by atoms with Crippen molar-refractivity contribution in [3.05, 3.63) is 101 Å². The minimum Gasteiger partial charge on any atom is -0.543 e. The van der Waals surface area contributed by atoms with Crippen LogP contribution in [0.4, 0.5) is 5.82 Å². The Morgan fingerprint density at radius 2 is 1.74 bits per heavy atom. The van der Waals surface area contributed by atoms with Crippen molar-refractivity contribution in [2.45, 2.75) is 78.6 Å². The van der Waals surface area contributed by atoms with Crippen LogP contribution in [0, 0.1) is 6.92 Å². The van der Waals surface area contributed by atoms with Gasteiger partial charge in [-0.3, -0.25) is 0 Å². The standard InChI is InChI=1S/C35H43N3O4Si/c1-24-13-10-14-25(19-24)20-29-32(38-30(22-27-17-12-18-40-27)33(39)41-34(2,3)4)36-23-31(37-29)26-15-11-16-28(21-26)42-43(8,9)35(5,6)7/h10-19,21-23H,20H2,1-9H3,(H,36,38)/b30-22+. The Kier molecular flexibility index (Phi) is 9.30. The van der Waals surface area contributed by atoms with E-state index >= 15 is 0 Å². The van der Waals surface area contributed by atoms with E-state index in [9.17, 15) is 4.79 Å². The van der Waals surface area contributed by atoms with E-state index in [2.05, 4.69) is 64.3 Å². The summed E-state index contributed by atoms with van der Waals surface area (Å²) in [4.78, 5) is 23.1. The number of aromatic nitrogens is 2. The highest BCUT2D eigenvalue weighted by Crippen LogP contribution is 2.38. The number of rotatable bonds is 9. The van der Waals surface area contributed by atoms with E-state index in [1.807, 2.05) is 51.1 Å². The number of furan rings is 1. The lowest BCUT2D eigenvalue weighted by Crippen LogP contribution is -2.43. The molecule has 2 aromatic heterocycles. The Balaban J connectivity index is 1.75. The van der Waals surface area contributed by atoms with E-state index in [1.54, 1.807) is 30.7 Å². The SMILES string of the molecule is Cc1cccc(Cc2nc(-c3cccc(O[Si](C)(C)C(C)(C)C)c3)cnc2N/C(=C/c2ccco2)C(=O)OC(C)(C)C)c1. The van der Waals surface area contributed by atoms with Crippen molar-refractivity contribution in [1.29, 1.82) is 0 Å². The van der Waals surface area contributed by atoms with E-state index in [-0.39, 0.29) is 10.7 Å². The monoisotopic (exact) mass is 597 g/mol. The number of ether oxygens (including phenoxy) is 1. The van der Waals surface area contributed by atoms with E-state index < -0.39 is 19.9 Å². The molecule has 0 radical (unpaired) electrons. The van der Waals surface area contributed by atoms with Gasteiger partial charge in [-0.05, 0) is 75.7 Å². The van der Waals surface area contributed by atoms with Gasteiger partial charge in [-0.15, -0.1) is 0 Å². The van der Waals surface area contributed by atoms with Crippen molar-refractivity contribution in [1.82, 2.24) is 9.97 Å². The summed E-state index contributed by atoms with van der Waals surface area (Å²) in [5, 5.41) is 3.29. The number of benzene rings is 2. The van der Waals surface area contributed by atoms with Gasteiger partial charge in [0.2, 0.25) is 8.32 Å². The van der Waals surface area contributed by atoms with Gasteiger partial charge in [0.15, 0.2) is 5.82 Å². The number of hydrogen-bond acceptors (Lipinski definition) is 7. The zero-order valence-corrected chi connectivity index (χ0v) is 27.7. The molecular weight excluding hydrogens is 554 g/mol. The maximum Gasteiger partial charge on any atom is 0.355 e. The highest BCUT2D eigenvalue weighted by Gasteiger charge is 2.39. The summed E-state index contributed by atoms with van der Waals surface area (Å²) < 4.78 is 17.8. The molecule has 0 aliphatic rings. The van der Waals surface area contributed by atoms with E-state index in [4.69, 9.17) is 23.5 Å². The van der Waals surface area contributed by atoms with E-state index in [0.717, 1.165) is 22.4 Å². The van der Waals surface area contributed by atoms with Crippen molar-refractivity contribution < 1.29 is 18.4 Å². The Labute approximate surface area is 256 Å². The number of hydrogen-bond donors (Lipinski definition) is 1. The molecule has 4 aromatic rings. The van der Waals surface area contributed by atoms with Crippen molar-refractivity contribution in [2.75, 3.05) is 5.32 Å². The quantitative estimate of drug-likeness (QED) is 0.117. The molecule has 0 fully saturated rings. The lowest BCUT2D eigenvalue weighted by molar-refractivity contribution is -0.149. The summed E-state index contributed by atoms with van der Waals surface area (Å²) in [5.74, 6) is 1.27. The molecule has 0 saturated carbocycles. The first-order valence-corrected chi connectivity index (χ1v) is 17.5. The molecule has 0 saturated heterocycles. The average molecular weight is 598 g/mol. The summed E-state index contributed by atoms with van der Waals surface area (Å²) >= 11 is 0. The van der Waals surface area contributed by atoms with Crippen LogP contribution < -0.4 is 9.74 Å². The highest BCUT2D eigenvalue weighted by atomic mass is 28.4. The van der Waals surface area contributed by atoms with E-state index in [1.165, 1.54) is 0 Å². The Morgan fingerprint density at radius 1 is 1.00 bits per heavy atom. The molecule has 2 aromatic carbocycles. The number of aryl methyl sites for hydroxylation is 1. The first-order valence-electron chi connectivity index (χ1n) is 14.6. The highest BCUT2D eigenvalue weighted by molar-refractivity contribution is 6.74. The van der Waals surface area contributed by atoms with Crippen LogP contribution in [-0.2, 0) is 16.0 Å². The number of carbonyl (C=O) groups is 1. The zero-order chi connectivity index (χ0) is 31.4. The molecule has 226 valence electrons. The number of carbonyl (C=O) groups excluding carboxylic acids is 1. The van der Waals surface area contributed by atoms with Crippen molar-refractivity contribution in [3.63, 3.8) is 0 Å². The second kappa shape index (κ2) is 12.6. The maximum absolute atomic E-state index is 13.3. The van der Waals surface area contributed by atoms with Crippen LogP contribution in [0.2, 0.25) is 18.1 Å². The summed E-state index contributed by atoms with van der Waals surface area (Å²) in [6.07, 6.45) is 5.39. The molecule has 0 atom stereocenters. The van der Waals surface area contributed by atoms with Crippen LogP contribution in [-0.4, -0.2) is 29.9 Å². The van der Waals surface area contributed by atoms with Crippen LogP contribution in [0.1, 0.15) is 64.1 Å². The predicted octanol–water partition coefficient (Wildman–Crippen LogP) is 8.81. The molecule has 4 rings (SSSR count). The minimum absolute atomic E-state index is 0.0755. The Morgan fingerprint density at radius 3 is 2.40 bits per heavy atom. The molecule has 0 spiro atoms. The molecule has 7 nitrogen and oxygen atoms in total. The van der Waals surface area contributed by atoms with Gasteiger partial charge in [0.05, 0.1) is 23.8 Å². The number of anilines is 1. The third-order valence-electron chi connectivity index (χ3n) is 7.31. The van der Waals surface area contributed by atoms with Gasteiger partial charge in [0.25, 0.3) is 0 Å². The smallest absolute Gasteiger partial charge is 0.355 e. The predicted molar refractivity (Wildman–Crippen MR) is 175 cm³/mol. The molecular formula is C35H43N3O4Si. The van der Waals surface area contributed by atoms with Gasteiger partial charge < -0.3 is 18.9 Å². The first-order chi connectivity index (χ1) is 20.1. The van der Waals surface area contributed by atoms with Crippen LogP contribution in [0.15, 0.2) is 83.2 Å². The molecule has 0 aliphatic heterocycles. The lowest BCUT2D eigenvalue weighted by atomic mass is 10.1. The van der Waals surface area contributed by atoms with Crippen LogP contribution >= 0.6 is 0 Å². The van der Waals surface area contributed by atoms with Gasteiger partial charge >= 0.3 is 5.97 Å². The van der Waals surface area contributed by atoms with Crippen LogP contribution in [0.25, 0.3) is 17.3 Å². The first kappa shape index (κ1) is 31.8. The van der Waals surface area contributed by atoms with Gasteiger partial charge in [-0.2, -0.15) is 0 Å². The fourth-order valence-corrected chi connectivity index (χ4v) is 5.12. The lowest BCUT2D eigenvalue weighted by Gasteiger charge is -2.36. The van der Waals surface area contributed by atoms with Crippen molar-refractivity contribution in [2.24, 2.45) is 0 Å². The Bertz CT molecular complexity index is 1600. The fraction of sp³-hybridized carbons (Fsp3) is 0.343. The van der Waals surface area contributed by atoms with Gasteiger partial charge in [0, 0.05) is 18.1 Å². The summed E-state index contributed by atoms with van der Waals surface area (Å²) in [5.41, 5.74) is 4.05. The molecule has 8 heteroatoms.